The third kappa shape index (κ3) is 5.79. The number of aromatic nitrogens is 4. The Labute approximate surface area is 245 Å². The van der Waals surface area contributed by atoms with Crippen molar-refractivity contribution in [2.24, 2.45) is 18.0 Å². The van der Waals surface area contributed by atoms with Gasteiger partial charge in [0.25, 0.3) is 0 Å². The second-order valence-corrected chi connectivity index (χ2v) is 10.6. The minimum atomic E-state index is -0.442. The molecule has 10 heteroatoms. The van der Waals surface area contributed by atoms with Crippen molar-refractivity contribution in [3.63, 3.8) is 0 Å². The van der Waals surface area contributed by atoms with Crippen LogP contribution < -0.4 is 10.1 Å². The summed E-state index contributed by atoms with van der Waals surface area (Å²) in [6.07, 6.45) is 6.73. The molecular formula is C32H35N7O3. The molecule has 2 aromatic heterocycles. The summed E-state index contributed by atoms with van der Waals surface area (Å²) >= 11 is 0. The third-order valence-corrected chi connectivity index (χ3v) is 7.21. The molecule has 1 aliphatic rings. The maximum absolute atomic E-state index is 12.0. The van der Waals surface area contributed by atoms with Crippen LogP contribution in [0.4, 0.5) is 11.6 Å². The van der Waals surface area contributed by atoms with E-state index < -0.39 is 5.97 Å². The van der Waals surface area contributed by atoms with Gasteiger partial charge in [-0.1, -0.05) is 38.1 Å². The molecule has 0 saturated heterocycles. The van der Waals surface area contributed by atoms with Crippen molar-refractivity contribution in [3.05, 3.63) is 71.0 Å². The highest BCUT2D eigenvalue weighted by molar-refractivity contribution is 5.91. The first kappa shape index (κ1) is 28.7. The summed E-state index contributed by atoms with van der Waals surface area (Å²) in [4.78, 5) is 26.0. The lowest BCUT2D eigenvalue weighted by molar-refractivity contribution is 0.0600. The summed E-state index contributed by atoms with van der Waals surface area (Å²) in [5.74, 6) is 0.744. The molecule has 2 aromatic carbocycles. The van der Waals surface area contributed by atoms with Crippen LogP contribution in [-0.2, 0) is 24.6 Å². The number of ether oxygens (including phenoxy) is 2. The van der Waals surface area contributed by atoms with Crippen molar-refractivity contribution < 1.29 is 14.3 Å². The summed E-state index contributed by atoms with van der Waals surface area (Å²) in [5.41, 5.74) is 7.89. The SMILES string of the molecule is COC(=O)c1ccc(Nc2ncc3c(n2)-c2c(nn(C)c2-c2ccc(C(C=N)C=NCC(C)C)cc2)CC3)c(OC)c1. The van der Waals surface area contributed by atoms with E-state index in [-0.39, 0.29) is 5.92 Å². The van der Waals surface area contributed by atoms with Gasteiger partial charge < -0.3 is 20.2 Å². The first-order valence-corrected chi connectivity index (χ1v) is 13.9. The highest BCUT2D eigenvalue weighted by atomic mass is 16.5. The van der Waals surface area contributed by atoms with Gasteiger partial charge in [-0.05, 0) is 48.1 Å². The summed E-state index contributed by atoms with van der Waals surface area (Å²) in [5, 5.41) is 16.0. The zero-order valence-electron chi connectivity index (χ0n) is 24.5. The molecule has 5 rings (SSSR count). The van der Waals surface area contributed by atoms with E-state index in [0.717, 1.165) is 58.7 Å². The second kappa shape index (κ2) is 12.3. The molecular weight excluding hydrogens is 530 g/mol. The normalized spacial score (nSPS) is 13.0. The van der Waals surface area contributed by atoms with Crippen LogP contribution in [0.1, 0.15) is 46.9 Å². The van der Waals surface area contributed by atoms with Gasteiger partial charge in [0.15, 0.2) is 0 Å². The quantitative estimate of drug-likeness (QED) is 0.188. The van der Waals surface area contributed by atoms with Crippen molar-refractivity contribution in [2.45, 2.75) is 32.6 Å². The molecule has 10 nitrogen and oxygen atoms in total. The molecule has 0 amide bonds. The topological polar surface area (TPSA) is 127 Å². The van der Waals surface area contributed by atoms with Gasteiger partial charge >= 0.3 is 5.97 Å². The van der Waals surface area contributed by atoms with Crippen molar-refractivity contribution in [1.82, 2.24) is 19.7 Å². The molecule has 1 aliphatic carbocycles. The Morgan fingerprint density at radius 3 is 2.64 bits per heavy atom. The van der Waals surface area contributed by atoms with E-state index >= 15 is 0 Å². The predicted octanol–water partition coefficient (Wildman–Crippen LogP) is 5.64. The molecule has 4 aromatic rings. The van der Waals surface area contributed by atoms with Crippen molar-refractivity contribution in [1.29, 1.82) is 5.41 Å². The molecule has 0 bridgehead atoms. The lowest BCUT2D eigenvalue weighted by Crippen LogP contribution is -2.09. The largest absolute Gasteiger partial charge is 0.495 e. The molecule has 0 radical (unpaired) electrons. The standard InChI is InChI=1S/C32H35N7O3/c1-19(2)16-34-17-24(15-33)20-6-8-21(9-7-20)30-28-26(38-39(30)3)13-11-23-18-35-32(37-29(23)28)36-25-12-10-22(31(40)42-5)14-27(25)41-4/h6-10,12,14-15,17-19,24,33H,11,13,16H2,1-5H3,(H,35,36,37). The Morgan fingerprint density at radius 1 is 1.17 bits per heavy atom. The number of carbonyl (C=O) groups is 1. The molecule has 0 spiro atoms. The van der Waals surface area contributed by atoms with Crippen LogP contribution in [0.25, 0.3) is 22.5 Å². The Kier molecular flexibility index (Phi) is 8.42. The number of aliphatic imine (C=N–C) groups is 1. The molecule has 1 atom stereocenters. The maximum atomic E-state index is 12.0. The Morgan fingerprint density at radius 2 is 1.95 bits per heavy atom. The highest BCUT2D eigenvalue weighted by Crippen LogP contribution is 2.40. The third-order valence-electron chi connectivity index (χ3n) is 7.21. The van der Waals surface area contributed by atoms with Gasteiger partial charge in [-0.25, -0.2) is 14.8 Å². The first-order chi connectivity index (χ1) is 20.3. The van der Waals surface area contributed by atoms with Crippen LogP contribution in [-0.4, -0.2) is 58.9 Å². The summed E-state index contributed by atoms with van der Waals surface area (Å²) in [7, 11) is 4.83. The molecule has 1 unspecified atom stereocenters. The second-order valence-electron chi connectivity index (χ2n) is 10.6. The van der Waals surface area contributed by atoms with Crippen LogP contribution >= 0.6 is 0 Å². The van der Waals surface area contributed by atoms with E-state index in [9.17, 15) is 4.79 Å². The number of carbonyl (C=O) groups excluding carboxylic acids is 1. The van der Waals surface area contributed by atoms with Crippen molar-refractivity contribution in [2.75, 3.05) is 26.1 Å². The number of aryl methyl sites for hydroxylation is 3. The number of hydrogen-bond donors (Lipinski definition) is 2. The Balaban J connectivity index is 1.48. The van der Waals surface area contributed by atoms with Crippen LogP contribution in [0.5, 0.6) is 5.75 Å². The molecule has 42 heavy (non-hydrogen) atoms. The number of hydrogen-bond acceptors (Lipinski definition) is 9. The van der Waals surface area contributed by atoms with Gasteiger partial charge in [-0.3, -0.25) is 9.67 Å². The van der Waals surface area contributed by atoms with Crippen LogP contribution in [0.2, 0.25) is 0 Å². The van der Waals surface area contributed by atoms with Crippen molar-refractivity contribution in [3.8, 4) is 28.3 Å². The first-order valence-electron chi connectivity index (χ1n) is 13.9. The van der Waals surface area contributed by atoms with E-state index in [1.165, 1.54) is 20.4 Å². The highest BCUT2D eigenvalue weighted by Gasteiger charge is 2.27. The minimum Gasteiger partial charge on any atom is -0.495 e. The molecule has 2 N–H and O–H groups in total. The number of esters is 1. The average molecular weight is 566 g/mol. The fourth-order valence-corrected chi connectivity index (χ4v) is 5.09. The summed E-state index contributed by atoms with van der Waals surface area (Å²) < 4.78 is 12.2. The van der Waals surface area contributed by atoms with Gasteiger partial charge in [-0.2, -0.15) is 5.10 Å². The maximum Gasteiger partial charge on any atom is 0.337 e. The van der Waals surface area contributed by atoms with Crippen LogP contribution in [0, 0.1) is 11.3 Å². The number of nitrogens with one attached hydrogen (secondary N) is 2. The van der Waals surface area contributed by atoms with E-state index in [2.05, 4.69) is 41.3 Å². The minimum absolute atomic E-state index is 0.168. The number of rotatable bonds is 10. The van der Waals surface area contributed by atoms with E-state index in [1.807, 2.05) is 36.3 Å². The lowest BCUT2D eigenvalue weighted by atomic mass is 9.91. The molecule has 2 heterocycles. The zero-order chi connectivity index (χ0) is 29.8. The Bertz CT molecular complexity index is 1640. The summed E-state index contributed by atoms with van der Waals surface area (Å²) in [6.45, 7) is 5.00. The number of benzene rings is 2. The van der Waals surface area contributed by atoms with Crippen LogP contribution in [0.15, 0.2) is 53.7 Å². The van der Waals surface area contributed by atoms with Crippen LogP contribution in [0.3, 0.4) is 0 Å². The number of fused-ring (bicyclic) bond motifs is 3. The lowest BCUT2D eigenvalue weighted by Gasteiger charge is -2.18. The van der Waals surface area contributed by atoms with Gasteiger partial charge in [0.05, 0.1) is 48.5 Å². The number of anilines is 2. The monoisotopic (exact) mass is 565 g/mol. The zero-order valence-corrected chi connectivity index (χ0v) is 24.5. The van der Waals surface area contributed by atoms with E-state index in [0.29, 0.717) is 28.9 Å². The fraction of sp³-hybridized carbons (Fsp3) is 0.312. The fourth-order valence-electron chi connectivity index (χ4n) is 5.09. The molecule has 0 saturated carbocycles. The van der Waals surface area contributed by atoms with Gasteiger partial charge in [0.1, 0.15) is 5.75 Å². The van der Waals surface area contributed by atoms with Gasteiger partial charge in [0.2, 0.25) is 5.95 Å². The summed E-state index contributed by atoms with van der Waals surface area (Å²) in [6, 6.07) is 13.3. The number of methoxy groups -OCH3 is 2. The van der Waals surface area contributed by atoms with Crippen molar-refractivity contribution >= 4 is 30.0 Å². The average Bonchev–Trinajstić information content (AvgIpc) is 3.35. The predicted molar refractivity (Wildman–Crippen MR) is 164 cm³/mol. The number of nitrogens with zero attached hydrogens (tertiary/aromatic N) is 5. The molecule has 0 fully saturated rings. The van der Waals surface area contributed by atoms with Gasteiger partial charge in [0, 0.05) is 43.3 Å². The van der Waals surface area contributed by atoms with Gasteiger partial charge in [-0.15, -0.1) is 0 Å². The van der Waals surface area contributed by atoms with E-state index in [1.54, 1.807) is 18.2 Å². The molecule has 0 aliphatic heterocycles. The molecule has 216 valence electrons. The smallest absolute Gasteiger partial charge is 0.337 e. The van der Waals surface area contributed by atoms with E-state index in [4.69, 9.17) is 25.0 Å². The Hall–Kier alpha value is -4.86.